The zero-order valence-corrected chi connectivity index (χ0v) is 17.7. The van der Waals surface area contributed by atoms with Crippen LogP contribution in [-0.4, -0.2) is 34.7 Å². The summed E-state index contributed by atoms with van der Waals surface area (Å²) in [7, 11) is 2.14. The first-order chi connectivity index (χ1) is 13.4. The Bertz CT molecular complexity index is 939. The van der Waals surface area contributed by atoms with Crippen LogP contribution < -0.4 is 10.0 Å². The minimum atomic E-state index is -1.80. The average molecular weight is 439 g/mol. The van der Waals surface area contributed by atoms with Gasteiger partial charge in [-0.3, -0.25) is 4.72 Å². The summed E-state index contributed by atoms with van der Waals surface area (Å²) < 4.78 is 29.8. The molecule has 0 aliphatic rings. The summed E-state index contributed by atoms with van der Waals surface area (Å²) in [4.78, 5) is 6.01. The molecule has 148 valence electrons. The Morgan fingerprint density at radius 3 is 2.68 bits per heavy atom. The molecule has 0 radical (unpaired) electrons. The minimum Gasteiger partial charge on any atom is -0.376 e. The van der Waals surface area contributed by atoms with E-state index in [4.69, 9.17) is 11.6 Å². The second kappa shape index (κ2) is 9.47. The fourth-order valence-electron chi connectivity index (χ4n) is 2.66. The Hall–Kier alpha value is -2.00. The van der Waals surface area contributed by atoms with Gasteiger partial charge in [-0.2, -0.15) is 0 Å². The standard InChI is InChI=1S/C19H20ClFN4OS2/c1-25(2)12-17(13-6-4-3-5-7-13)23-16-11-15(21)18(10-14(16)20)28(26)24-19-22-8-9-27-19/h3-11,17,23H,12H2,1-2H3,(H,22,24). The molecule has 2 unspecified atom stereocenters. The summed E-state index contributed by atoms with van der Waals surface area (Å²) in [5, 5.41) is 5.79. The molecule has 0 fully saturated rings. The lowest BCUT2D eigenvalue weighted by molar-refractivity contribution is 0.387. The number of halogens is 2. The fraction of sp³-hybridized carbons (Fsp3) is 0.211. The van der Waals surface area contributed by atoms with Crippen LogP contribution in [0.2, 0.25) is 5.02 Å². The number of rotatable bonds is 8. The van der Waals surface area contributed by atoms with Gasteiger partial charge in [0, 0.05) is 18.1 Å². The van der Waals surface area contributed by atoms with Gasteiger partial charge in [0.1, 0.15) is 5.82 Å². The molecule has 0 amide bonds. The van der Waals surface area contributed by atoms with Crippen molar-refractivity contribution in [3.8, 4) is 0 Å². The molecule has 2 N–H and O–H groups in total. The van der Waals surface area contributed by atoms with Crippen LogP contribution in [0.5, 0.6) is 0 Å². The van der Waals surface area contributed by atoms with Crippen LogP contribution in [0.3, 0.4) is 0 Å². The summed E-state index contributed by atoms with van der Waals surface area (Å²) >= 11 is 7.66. The SMILES string of the molecule is CN(C)CC(Nc1cc(F)c(S(=O)Nc2nccs2)cc1Cl)c1ccccc1. The van der Waals surface area contributed by atoms with Gasteiger partial charge in [0.05, 0.1) is 21.6 Å². The van der Waals surface area contributed by atoms with Crippen molar-refractivity contribution in [2.24, 2.45) is 0 Å². The van der Waals surface area contributed by atoms with Gasteiger partial charge in [-0.05, 0) is 31.8 Å². The molecular weight excluding hydrogens is 419 g/mol. The predicted molar refractivity (Wildman–Crippen MR) is 115 cm³/mol. The van der Waals surface area contributed by atoms with Crippen LogP contribution in [0.1, 0.15) is 11.6 Å². The van der Waals surface area contributed by atoms with E-state index in [-0.39, 0.29) is 10.9 Å². The molecule has 5 nitrogen and oxygen atoms in total. The van der Waals surface area contributed by atoms with E-state index in [1.165, 1.54) is 23.5 Å². The lowest BCUT2D eigenvalue weighted by Gasteiger charge is -2.24. The van der Waals surface area contributed by atoms with Gasteiger partial charge < -0.3 is 10.2 Å². The van der Waals surface area contributed by atoms with Crippen molar-refractivity contribution in [3.63, 3.8) is 0 Å². The zero-order valence-electron chi connectivity index (χ0n) is 15.4. The van der Waals surface area contributed by atoms with Gasteiger partial charge in [0.15, 0.2) is 16.1 Å². The van der Waals surface area contributed by atoms with Crippen molar-refractivity contribution in [2.45, 2.75) is 10.9 Å². The van der Waals surface area contributed by atoms with Crippen molar-refractivity contribution in [1.29, 1.82) is 0 Å². The zero-order chi connectivity index (χ0) is 20.1. The molecule has 0 aliphatic carbocycles. The maximum Gasteiger partial charge on any atom is 0.194 e. The van der Waals surface area contributed by atoms with Crippen LogP contribution in [0.4, 0.5) is 15.2 Å². The first-order valence-corrected chi connectivity index (χ1v) is 10.9. The maximum atomic E-state index is 14.7. The van der Waals surface area contributed by atoms with Gasteiger partial charge in [-0.15, -0.1) is 11.3 Å². The molecule has 1 aromatic heterocycles. The molecule has 0 saturated carbocycles. The van der Waals surface area contributed by atoms with Crippen molar-refractivity contribution in [2.75, 3.05) is 30.7 Å². The molecule has 0 spiro atoms. The van der Waals surface area contributed by atoms with Gasteiger partial charge in [0.2, 0.25) is 0 Å². The van der Waals surface area contributed by atoms with Crippen molar-refractivity contribution >= 4 is 44.7 Å². The lowest BCUT2D eigenvalue weighted by Crippen LogP contribution is -2.25. The van der Waals surface area contributed by atoms with Crippen LogP contribution in [-0.2, 0) is 11.0 Å². The van der Waals surface area contributed by atoms with E-state index >= 15 is 0 Å². The topological polar surface area (TPSA) is 57.3 Å². The van der Waals surface area contributed by atoms with E-state index in [2.05, 4.69) is 15.0 Å². The third-order valence-corrected chi connectivity index (χ3v) is 6.13. The summed E-state index contributed by atoms with van der Waals surface area (Å²) in [6, 6.07) is 12.5. The number of hydrogen-bond donors (Lipinski definition) is 2. The minimum absolute atomic E-state index is 0.0189. The first-order valence-electron chi connectivity index (χ1n) is 8.47. The third-order valence-electron chi connectivity index (χ3n) is 3.91. The largest absolute Gasteiger partial charge is 0.376 e. The number of likely N-dealkylation sites (N-methyl/N-ethyl adjacent to an activating group) is 1. The number of nitrogens with zero attached hydrogens (tertiary/aromatic N) is 2. The Labute approximate surface area is 175 Å². The van der Waals surface area contributed by atoms with Gasteiger partial charge >= 0.3 is 0 Å². The Morgan fingerprint density at radius 1 is 1.29 bits per heavy atom. The molecule has 1 heterocycles. The number of benzene rings is 2. The average Bonchev–Trinajstić information content (AvgIpc) is 3.17. The molecule has 28 heavy (non-hydrogen) atoms. The van der Waals surface area contributed by atoms with E-state index < -0.39 is 16.8 Å². The summed E-state index contributed by atoms with van der Waals surface area (Å²) in [6.07, 6.45) is 1.58. The van der Waals surface area contributed by atoms with E-state index in [1.807, 2.05) is 49.3 Å². The van der Waals surface area contributed by atoms with Crippen LogP contribution >= 0.6 is 22.9 Å². The molecule has 0 saturated heterocycles. The van der Waals surface area contributed by atoms with Gasteiger partial charge in [0.25, 0.3) is 0 Å². The molecule has 0 aliphatic heterocycles. The number of nitrogens with one attached hydrogen (secondary N) is 2. The molecule has 2 aromatic carbocycles. The quantitative estimate of drug-likeness (QED) is 0.531. The second-order valence-electron chi connectivity index (χ2n) is 6.34. The summed E-state index contributed by atoms with van der Waals surface area (Å²) in [5.74, 6) is -0.606. The predicted octanol–water partition coefficient (Wildman–Crippen LogP) is 4.79. The van der Waals surface area contributed by atoms with Crippen LogP contribution in [0, 0.1) is 5.82 Å². The fourth-order valence-corrected chi connectivity index (χ4v) is 4.52. The van der Waals surface area contributed by atoms with Crippen molar-refractivity contribution in [1.82, 2.24) is 9.88 Å². The molecule has 9 heteroatoms. The highest BCUT2D eigenvalue weighted by Gasteiger charge is 2.18. The molecular formula is C19H20ClFN4OS2. The van der Waals surface area contributed by atoms with Crippen molar-refractivity contribution in [3.05, 3.63) is 70.4 Å². The van der Waals surface area contributed by atoms with Crippen LogP contribution in [0.15, 0.2) is 58.9 Å². The number of thiazole rings is 1. The summed E-state index contributed by atoms with van der Waals surface area (Å²) in [6.45, 7) is 0.696. The smallest absolute Gasteiger partial charge is 0.194 e. The maximum absolute atomic E-state index is 14.7. The van der Waals surface area contributed by atoms with E-state index in [9.17, 15) is 8.60 Å². The number of hydrogen-bond acceptors (Lipinski definition) is 5. The first kappa shape index (κ1) is 20.7. The van der Waals surface area contributed by atoms with E-state index in [0.29, 0.717) is 22.4 Å². The Kier molecular flexibility index (Phi) is 7.01. The molecule has 3 aromatic rings. The number of aromatic nitrogens is 1. The van der Waals surface area contributed by atoms with E-state index in [1.54, 1.807) is 11.6 Å². The lowest BCUT2D eigenvalue weighted by atomic mass is 10.1. The summed E-state index contributed by atoms with van der Waals surface area (Å²) in [5.41, 5.74) is 1.51. The van der Waals surface area contributed by atoms with Crippen LogP contribution in [0.25, 0.3) is 0 Å². The van der Waals surface area contributed by atoms with Gasteiger partial charge in [-0.1, -0.05) is 41.9 Å². The highest BCUT2D eigenvalue weighted by atomic mass is 35.5. The highest BCUT2D eigenvalue weighted by molar-refractivity contribution is 7.86. The van der Waals surface area contributed by atoms with Crippen molar-refractivity contribution < 1.29 is 8.60 Å². The Morgan fingerprint density at radius 2 is 2.04 bits per heavy atom. The molecule has 2 atom stereocenters. The normalized spacial score (nSPS) is 13.3. The number of anilines is 2. The van der Waals surface area contributed by atoms with E-state index in [0.717, 1.165) is 5.56 Å². The Balaban J connectivity index is 1.83. The second-order valence-corrected chi connectivity index (χ2v) is 8.82. The monoisotopic (exact) mass is 438 g/mol. The molecule has 3 rings (SSSR count). The third kappa shape index (κ3) is 5.29. The molecule has 0 bridgehead atoms. The van der Waals surface area contributed by atoms with Gasteiger partial charge in [-0.25, -0.2) is 13.6 Å². The highest BCUT2D eigenvalue weighted by Crippen LogP contribution is 2.31.